The van der Waals surface area contributed by atoms with Gasteiger partial charge in [-0.2, -0.15) is 0 Å². The van der Waals surface area contributed by atoms with E-state index in [9.17, 15) is 9.59 Å². The number of piperidine rings is 1. The predicted octanol–water partition coefficient (Wildman–Crippen LogP) is 5.14. The van der Waals surface area contributed by atoms with E-state index in [0.29, 0.717) is 60.3 Å². The molecule has 1 aromatic heterocycles. The number of pyridine rings is 1. The van der Waals surface area contributed by atoms with Gasteiger partial charge in [0.25, 0.3) is 0 Å². The number of carbonyl (C=O) groups excluding carboxylic acids is 2. The zero-order valence-corrected chi connectivity index (χ0v) is 23.5. The van der Waals surface area contributed by atoms with Crippen LogP contribution in [0.4, 0.5) is 0 Å². The van der Waals surface area contributed by atoms with Crippen LogP contribution in [-0.4, -0.2) is 42.6 Å². The zero-order valence-electron chi connectivity index (χ0n) is 22.0. The third-order valence-electron chi connectivity index (χ3n) is 7.96. The molecular weight excluding hydrogens is 528 g/mol. The number of rotatable bonds is 7. The van der Waals surface area contributed by atoms with Crippen molar-refractivity contribution in [1.82, 2.24) is 15.2 Å². The molecule has 8 heteroatoms. The van der Waals surface area contributed by atoms with Gasteiger partial charge in [0, 0.05) is 54.6 Å². The highest BCUT2D eigenvalue weighted by Crippen LogP contribution is 2.45. The van der Waals surface area contributed by atoms with Gasteiger partial charge in [-0.1, -0.05) is 65.1 Å². The van der Waals surface area contributed by atoms with Crippen molar-refractivity contribution in [3.05, 3.63) is 92.7 Å². The van der Waals surface area contributed by atoms with Crippen LogP contribution in [0.3, 0.4) is 0 Å². The summed E-state index contributed by atoms with van der Waals surface area (Å²) in [5.41, 5.74) is 6.20. The van der Waals surface area contributed by atoms with E-state index in [4.69, 9.17) is 36.0 Å². The van der Waals surface area contributed by atoms with E-state index in [0.717, 1.165) is 53.6 Å². The molecule has 1 aliphatic carbocycles. The van der Waals surface area contributed by atoms with E-state index in [1.807, 2.05) is 53.4 Å². The molecule has 0 bridgehead atoms. The topological polar surface area (TPSA) is 62.3 Å². The molecule has 5 nitrogen and oxygen atoms in total. The Morgan fingerprint density at radius 1 is 1.00 bits per heavy atom. The van der Waals surface area contributed by atoms with Crippen LogP contribution >= 0.6 is 23.2 Å². The van der Waals surface area contributed by atoms with Crippen LogP contribution in [0, 0.1) is 5.92 Å². The minimum absolute atomic E-state index is 0.0267. The van der Waals surface area contributed by atoms with E-state index in [1.165, 1.54) is 0 Å². The molecule has 1 unspecified atom stereocenters. The van der Waals surface area contributed by atoms with Gasteiger partial charge < -0.3 is 10.2 Å². The van der Waals surface area contributed by atoms with Crippen molar-refractivity contribution in [2.75, 3.05) is 13.1 Å². The molecule has 1 N–H and O–H groups in total. The number of halogens is 2. The van der Waals surface area contributed by atoms with Crippen LogP contribution in [0.5, 0.6) is 0 Å². The number of hydrogen-bond donors (Lipinski definition) is 1. The first-order valence-electron chi connectivity index (χ1n) is 13.7. The molecule has 2 radical (unpaired) electrons. The summed E-state index contributed by atoms with van der Waals surface area (Å²) < 4.78 is 0. The summed E-state index contributed by atoms with van der Waals surface area (Å²) in [5, 5.41) is 4.25. The average molecular weight is 560 g/mol. The highest BCUT2D eigenvalue weighted by molar-refractivity contribution is 6.35. The smallest absolute Gasteiger partial charge is 0.222 e. The highest BCUT2D eigenvalue weighted by atomic mass is 35.5. The molecule has 1 fully saturated rings. The second-order valence-corrected chi connectivity index (χ2v) is 11.4. The number of nitrogens with zero attached hydrogens (tertiary/aromatic N) is 2. The Hall–Kier alpha value is -2.83. The number of amides is 2. The Labute approximate surface area is 241 Å². The lowest BCUT2D eigenvalue weighted by Crippen LogP contribution is -2.40. The summed E-state index contributed by atoms with van der Waals surface area (Å²) in [7, 11) is 6.09. The number of hydrogen-bond acceptors (Lipinski definition) is 3. The van der Waals surface area contributed by atoms with Crippen LogP contribution < -0.4 is 10.8 Å². The van der Waals surface area contributed by atoms with Crippen LogP contribution in [0.15, 0.2) is 54.7 Å². The van der Waals surface area contributed by atoms with Crippen LogP contribution in [0.25, 0.3) is 0 Å². The van der Waals surface area contributed by atoms with Crippen molar-refractivity contribution in [2.45, 2.75) is 57.4 Å². The van der Waals surface area contributed by atoms with Gasteiger partial charge in [-0.05, 0) is 72.4 Å². The van der Waals surface area contributed by atoms with Crippen LogP contribution in [-0.2, 0) is 29.0 Å². The molecule has 1 atom stereocenters. The molecule has 1 aliphatic heterocycles. The Morgan fingerprint density at radius 2 is 1.74 bits per heavy atom. The summed E-state index contributed by atoms with van der Waals surface area (Å²) in [6, 6.07) is 15.7. The van der Waals surface area contributed by atoms with E-state index < -0.39 is 0 Å². The summed E-state index contributed by atoms with van der Waals surface area (Å²) in [6.07, 6.45) is 6.39. The van der Waals surface area contributed by atoms with Crippen LogP contribution in [0.1, 0.15) is 66.0 Å². The third-order valence-corrected chi connectivity index (χ3v) is 8.49. The fourth-order valence-corrected chi connectivity index (χ4v) is 6.66. The maximum Gasteiger partial charge on any atom is 0.222 e. The van der Waals surface area contributed by atoms with Gasteiger partial charge >= 0.3 is 0 Å². The van der Waals surface area contributed by atoms with Crippen molar-refractivity contribution in [3.63, 3.8) is 0 Å². The lowest BCUT2D eigenvalue weighted by Gasteiger charge is -2.37. The van der Waals surface area contributed by atoms with Gasteiger partial charge in [0.2, 0.25) is 11.8 Å². The number of aromatic nitrogens is 1. The standard InChI is InChI=1S/C31H32BCl2N3O2/c32-24-15-23-10-9-22-16-25(33)17-26(34)29(22)30(31(23)36-19-24)21-11-13-37(14-12-21)28(39)8-4-7-27(38)35-18-20-5-2-1-3-6-20/h1-3,5-6,15-17,19,21,30H,4,7-14,18H2,(H,35,38). The van der Waals surface area contributed by atoms with Gasteiger partial charge in [0.05, 0.1) is 5.69 Å². The number of nitrogens with one attached hydrogen (secondary N) is 1. The molecule has 0 saturated carbocycles. The molecule has 0 spiro atoms. The first kappa shape index (κ1) is 27.7. The third kappa shape index (κ3) is 6.67. The van der Waals surface area contributed by atoms with Crippen LogP contribution in [0.2, 0.25) is 10.0 Å². The molecule has 1 saturated heterocycles. The maximum absolute atomic E-state index is 13.0. The van der Waals surface area contributed by atoms with Crippen molar-refractivity contribution < 1.29 is 9.59 Å². The number of fused-ring (bicyclic) bond motifs is 2. The number of benzene rings is 2. The SMILES string of the molecule is [B]c1cnc2c(c1)CCc1cc(Cl)cc(Cl)c1C2C1CCN(C(=O)CCCC(=O)NCc2ccccc2)CC1. The van der Waals surface area contributed by atoms with E-state index in [2.05, 4.69) is 5.32 Å². The summed E-state index contributed by atoms with van der Waals surface area (Å²) in [6.45, 7) is 1.88. The Morgan fingerprint density at radius 3 is 2.51 bits per heavy atom. The second kappa shape index (κ2) is 12.6. The maximum atomic E-state index is 13.0. The van der Waals surface area contributed by atoms with Crippen molar-refractivity contribution in [1.29, 1.82) is 0 Å². The first-order chi connectivity index (χ1) is 18.9. The second-order valence-electron chi connectivity index (χ2n) is 10.6. The molecule has 2 aliphatic rings. The van der Waals surface area contributed by atoms with Gasteiger partial charge in [0.1, 0.15) is 7.85 Å². The Bertz CT molecular complexity index is 1340. The minimum atomic E-state index is -0.0267. The van der Waals surface area contributed by atoms with Gasteiger partial charge in [-0.25, -0.2) is 0 Å². The van der Waals surface area contributed by atoms with E-state index in [-0.39, 0.29) is 17.7 Å². The summed E-state index contributed by atoms with van der Waals surface area (Å²) in [5.74, 6) is 0.416. The fraction of sp³-hybridized carbons (Fsp3) is 0.387. The molecule has 2 heterocycles. The largest absolute Gasteiger partial charge is 0.352 e. The molecule has 5 rings (SSSR count). The van der Waals surface area contributed by atoms with Crippen molar-refractivity contribution >= 4 is 48.3 Å². The summed E-state index contributed by atoms with van der Waals surface area (Å²) >= 11 is 13.2. The molecule has 2 amide bonds. The molecule has 2 aromatic carbocycles. The zero-order chi connectivity index (χ0) is 27.4. The molecular formula is C31H32BCl2N3O2. The molecule has 39 heavy (non-hydrogen) atoms. The van der Waals surface area contributed by atoms with Crippen molar-refractivity contribution in [3.8, 4) is 0 Å². The minimum Gasteiger partial charge on any atom is -0.352 e. The number of aryl methyl sites for hydroxylation is 2. The fourth-order valence-electron chi connectivity index (χ4n) is 6.00. The highest BCUT2D eigenvalue weighted by Gasteiger charge is 2.36. The predicted molar refractivity (Wildman–Crippen MR) is 157 cm³/mol. The molecule has 200 valence electrons. The quantitative estimate of drug-likeness (QED) is 0.408. The lowest BCUT2D eigenvalue weighted by molar-refractivity contribution is -0.132. The Balaban J connectivity index is 1.19. The van der Waals surface area contributed by atoms with E-state index >= 15 is 0 Å². The van der Waals surface area contributed by atoms with E-state index in [1.54, 1.807) is 6.20 Å². The normalized spacial score (nSPS) is 17.2. The van der Waals surface area contributed by atoms with Gasteiger partial charge in [-0.3, -0.25) is 14.6 Å². The molecule has 3 aromatic rings. The van der Waals surface area contributed by atoms with Gasteiger partial charge in [0.15, 0.2) is 0 Å². The van der Waals surface area contributed by atoms with Gasteiger partial charge in [-0.15, -0.1) is 0 Å². The first-order valence-corrected chi connectivity index (χ1v) is 14.4. The Kier molecular flexibility index (Phi) is 8.94. The monoisotopic (exact) mass is 559 g/mol. The van der Waals surface area contributed by atoms with Crippen molar-refractivity contribution in [2.24, 2.45) is 5.92 Å². The summed E-state index contributed by atoms with van der Waals surface area (Å²) in [4.78, 5) is 31.9. The number of likely N-dealkylation sites (tertiary alicyclic amines) is 1. The number of carbonyl (C=O) groups is 2. The lowest BCUT2D eigenvalue weighted by atomic mass is 9.76. The average Bonchev–Trinajstić information content (AvgIpc) is 3.09.